The van der Waals surface area contributed by atoms with Crippen LogP contribution in [-0.4, -0.2) is 32.1 Å². The fraction of sp³-hybridized carbons (Fsp3) is 0.263. The molecule has 0 bridgehead atoms. The van der Waals surface area contributed by atoms with Crippen LogP contribution in [0.2, 0.25) is 10.0 Å². The predicted octanol–water partition coefficient (Wildman–Crippen LogP) is 4.77. The summed E-state index contributed by atoms with van der Waals surface area (Å²) in [7, 11) is 0. The lowest BCUT2D eigenvalue weighted by molar-refractivity contribution is 0.248. The molecule has 3 aromatic rings. The van der Waals surface area contributed by atoms with Gasteiger partial charge in [0.05, 0.1) is 21.9 Å². The molecule has 1 aliphatic carbocycles. The van der Waals surface area contributed by atoms with Gasteiger partial charge in [0.25, 0.3) is 0 Å². The zero-order chi connectivity index (χ0) is 19.7. The first-order chi connectivity index (χ1) is 13.5. The van der Waals surface area contributed by atoms with Crippen molar-refractivity contribution < 1.29 is 9.90 Å². The number of aromatic nitrogens is 3. The highest BCUT2D eigenvalue weighted by Crippen LogP contribution is 2.36. The Morgan fingerprint density at radius 1 is 1.11 bits per heavy atom. The summed E-state index contributed by atoms with van der Waals surface area (Å²) in [5, 5.41) is 15.6. The van der Waals surface area contributed by atoms with Crippen LogP contribution in [0.15, 0.2) is 30.5 Å². The van der Waals surface area contributed by atoms with Crippen molar-refractivity contribution in [3.63, 3.8) is 0 Å². The van der Waals surface area contributed by atoms with E-state index in [4.69, 9.17) is 23.2 Å². The van der Waals surface area contributed by atoms with Gasteiger partial charge in [-0.3, -0.25) is 5.32 Å². The SMILES string of the molecule is O=C(Nc1cnc2ccc(-c3cc(Cl)c(O)c(Cl)c3)nc2n1)NC1CCCC1. The lowest BCUT2D eigenvalue weighted by Crippen LogP contribution is -2.36. The second-order valence-electron chi connectivity index (χ2n) is 6.66. The average Bonchev–Trinajstić information content (AvgIpc) is 3.18. The predicted molar refractivity (Wildman–Crippen MR) is 109 cm³/mol. The first-order valence-electron chi connectivity index (χ1n) is 8.89. The highest BCUT2D eigenvalue weighted by atomic mass is 35.5. The number of nitrogens with one attached hydrogen (secondary N) is 2. The molecule has 2 amide bonds. The third-order valence-corrected chi connectivity index (χ3v) is 5.23. The summed E-state index contributed by atoms with van der Waals surface area (Å²) in [6.07, 6.45) is 5.77. The van der Waals surface area contributed by atoms with Crippen LogP contribution >= 0.6 is 23.2 Å². The monoisotopic (exact) mass is 417 g/mol. The molecule has 0 saturated heterocycles. The molecule has 4 rings (SSSR count). The van der Waals surface area contributed by atoms with Crippen molar-refractivity contribution in [1.82, 2.24) is 20.3 Å². The normalized spacial score (nSPS) is 14.4. The van der Waals surface area contributed by atoms with Gasteiger partial charge in [-0.15, -0.1) is 0 Å². The largest absolute Gasteiger partial charge is 0.505 e. The van der Waals surface area contributed by atoms with Crippen LogP contribution in [0.4, 0.5) is 10.6 Å². The molecule has 0 aliphatic heterocycles. The van der Waals surface area contributed by atoms with Crippen LogP contribution in [-0.2, 0) is 0 Å². The van der Waals surface area contributed by atoms with Gasteiger partial charge in [-0.05, 0) is 37.1 Å². The number of hydrogen-bond acceptors (Lipinski definition) is 5. The molecule has 0 spiro atoms. The topological polar surface area (TPSA) is 100 Å². The Morgan fingerprint density at radius 3 is 2.54 bits per heavy atom. The number of urea groups is 1. The average molecular weight is 418 g/mol. The van der Waals surface area contributed by atoms with Crippen molar-refractivity contribution >= 4 is 46.2 Å². The van der Waals surface area contributed by atoms with Gasteiger partial charge in [0.2, 0.25) is 0 Å². The van der Waals surface area contributed by atoms with Crippen LogP contribution in [0.5, 0.6) is 5.75 Å². The van der Waals surface area contributed by atoms with Crippen molar-refractivity contribution in [3.8, 4) is 17.0 Å². The molecule has 7 nitrogen and oxygen atoms in total. The summed E-state index contributed by atoms with van der Waals surface area (Å²) in [6, 6.07) is 6.58. The number of amides is 2. The van der Waals surface area contributed by atoms with Crippen LogP contribution < -0.4 is 10.6 Å². The molecule has 1 aromatic carbocycles. The minimum atomic E-state index is -0.297. The number of carbonyl (C=O) groups excluding carboxylic acids is 1. The first kappa shape index (κ1) is 18.7. The molecule has 2 aromatic heterocycles. The molecule has 1 saturated carbocycles. The van der Waals surface area contributed by atoms with E-state index in [1.54, 1.807) is 24.3 Å². The minimum Gasteiger partial charge on any atom is -0.505 e. The van der Waals surface area contributed by atoms with E-state index >= 15 is 0 Å². The van der Waals surface area contributed by atoms with E-state index in [1.807, 2.05) is 0 Å². The van der Waals surface area contributed by atoms with E-state index < -0.39 is 0 Å². The third-order valence-electron chi connectivity index (χ3n) is 4.65. The summed E-state index contributed by atoms with van der Waals surface area (Å²) >= 11 is 12.0. The number of phenolic OH excluding ortho intramolecular Hbond substituents is 1. The molecule has 3 N–H and O–H groups in total. The lowest BCUT2D eigenvalue weighted by Gasteiger charge is -2.12. The van der Waals surface area contributed by atoms with Crippen molar-refractivity contribution in [3.05, 3.63) is 40.5 Å². The maximum absolute atomic E-state index is 12.1. The maximum Gasteiger partial charge on any atom is 0.320 e. The number of aromatic hydroxyl groups is 1. The van der Waals surface area contributed by atoms with E-state index in [0.717, 1.165) is 25.7 Å². The molecule has 0 unspecified atom stereocenters. The molecular weight excluding hydrogens is 401 g/mol. The Morgan fingerprint density at radius 2 is 1.82 bits per heavy atom. The Kier molecular flexibility index (Phi) is 5.19. The van der Waals surface area contributed by atoms with E-state index in [9.17, 15) is 9.90 Å². The molecule has 0 atom stereocenters. The third kappa shape index (κ3) is 3.95. The molecule has 1 fully saturated rings. The van der Waals surface area contributed by atoms with Crippen molar-refractivity contribution in [1.29, 1.82) is 0 Å². The summed E-state index contributed by atoms with van der Waals surface area (Å²) in [5.74, 6) is 0.141. The van der Waals surface area contributed by atoms with Gasteiger partial charge >= 0.3 is 6.03 Å². The lowest BCUT2D eigenvalue weighted by atomic mass is 10.1. The highest BCUT2D eigenvalue weighted by Gasteiger charge is 2.17. The number of fused-ring (bicyclic) bond motifs is 1. The van der Waals surface area contributed by atoms with Gasteiger partial charge in [-0.1, -0.05) is 36.0 Å². The molecule has 28 heavy (non-hydrogen) atoms. The Bertz CT molecular complexity index is 1030. The molecule has 1 aliphatic rings. The Balaban J connectivity index is 1.59. The minimum absolute atomic E-state index is 0.134. The Hall–Kier alpha value is -2.64. The summed E-state index contributed by atoms with van der Waals surface area (Å²) in [4.78, 5) is 25.3. The second kappa shape index (κ2) is 7.77. The molecule has 0 radical (unpaired) electrons. The van der Waals surface area contributed by atoms with Gasteiger partial charge in [0, 0.05) is 11.6 Å². The zero-order valence-corrected chi connectivity index (χ0v) is 16.3. The molecule has 9 heteroatoms. The number of carbonyl (C=O) groups is 1. The molecular formula is C19H17Cl2N5O2. The second-order valence-corrected chi connectivity index (χ2v) is 7.48. The van der Waals surface area contributed by atoms with Gasteiger partial charge in [-0.2, -0.15) is 0 Å². The zero-order valence-electron chi connectivity index (χ0n) is 14.7. The Labute approximate surface area is 171 Å². The standard InChI is InChI=1S/C19H17Cl2N5O2/c20-12-7-10(8-13(21)17(12)27)14-5-6-15-18(24-14)25-16(9-22-15)26-19(28)23-11-3-1-2-4-11/h5-9,11,27H,1-4H2,(H2,23,24,25,26,28). The van der Waals surface area contributed by atoms with Crippen LogP contribution in [0, 0.1) is 0 Å². The molecule has 144 valence electrons. The van der Waals surface area contributed by atoms with Gasteiger partial charge in [0.15, 0.2) is 17.2 Å². The molecule has 2 heterocycles. The maximum atomic E-state index is 12.1. The summed E-state index contributed by atoms with van der Waals surface area (Å²) < 4.78 is 0. The van der Waals surface area contributed by atoms with Crippen molar-refractivity contribution in [2.45, 2.75) is 31.7 Å². The first-order valence-corrected chi connectivity index (χ1v) is 9.65. The van der Waals surface area contributed by atoms with Crippen molar-refractivity contribution in [2.24, 2.45) is 0 Å². The smallest absolute Gasteiger partial charge is 0.320 e. The number of anilines is 1. The van der Waals surface area contributed by atoms with Crippen LogP contribution in [0.1, 0.15) is 25.7 Å². The van der Waals surface area contributed by atoms with Crippen LogP contribution in [0.3, 0.4) is 0 Å². The van der Waals surface area contributed by atoms with E-state index in [0.29, 0.717) is 28.2 Å². The summed E-state index contributed by atoms with van der Waals surface area (Å²) in [6.45, 7) is 0. The number of nitrogens with zero attached hydrogens (tertiary/aromatic N) is 3. The fourth-order valence-corrected chi connectivity index (χ4v) is 3.73. The number of phenols is 1. The van der Waals surface area contributed by atoms with Gasteiger partial charge in [0.1, 0.15) is 5.52 Å². The number of pyridine rings is 1. The summed E-state index contributed by atoms with van der Waals surface area (Å²) in [5.41, 5.74) is 2.16. The van der Waals surface area contributed by atoms with E-state index in [2.05, 4.69) is 25.6 Å². The van der Waals surface area contributed by atoms with E-state index in [-0.39, 0.29) is 27.9 Å². The van der Waals surface area contributed by atoms with E-state index in [1.165, 1.54) is 6.20 Å². The number of halogens is 2. The van der Waals surface area contributed by atoms with Gasteiger partial charge in [-0.25, -0.2) is 19.7 Å². The fourth-order valence-electron chi connectivity index (χ4n) is 3.24. The van der Waals surface area contributed by atoms with Crippen molar-refractivity contribution in [2.75, 3.05) is 5.32 Å². The highest BCUT2D eigenvalue weighted by molar-refractivity contribution is 6.37. The quantitative estimate of drug-likeness (QED) is 0.569. The number of hydrogen-bond donors (Lipinski definition) is 3. The number of benzene rings is 1. The van der Waals surface area contributed by atoms with Gasteiger partial charge < -0.3 is 10.4 Å². The number of rotatable bonds is 3. The van der Waals surface area contributed by atoms with Crippen LogP contribution in [0.25, 0.3) is 22.4 Å².